The number of carbonyl (C=O) groups excluding carboxylic acids is 1. The van der Waals surface area contributed by atoms with Gasteiger partial charge in [-0.15, -0.1) is 6.58 Å². The monoisotopic (exact) mass is 204 g/mol. The molecule has 0 spiro atoms. The third-order valence-electron chi connectivity index (χ3n) is 2.65. The fourth-order valence-electron chi connectivity index (χ4n) is 1.78. The number of benzene rings is 1. The summed E-state index contributed by atoms with van der Waals surface area (Å²) in [4.78, 5) is 10.7. The normalized spacial score (nSPS) is 10.0. The van der Waals surface area contributed by atoms with E-state index in [4.69, 9.17) is 0 Å². The highest BCUT2D eigenvalue weighted by Crippen LogP contribution is 2.28. The number of aldehydes is 1. The van der Waals surface area contributed by atoms with E-state index in [0.29, 0.717) is 11.8 Å². The molecule has 0 aliphatic heterocycles. The Hall–Kier alpha value is -1.57. The third-order valence-corrected chi connectivity index (χ3v) is 2.65. The number of aryl methyl sites for hydroxylation is 1. The molecule has 1 N–H and O–H groups in total. The SMILES string of the molecule is C=CCc1c(CC)cc(C=O)c(O)c1C. The van der Waals surface area contributed by atoms with Gasteiger partial charge in [-0.3, -0.25) is 4.79 Å². The molecule has 1 aromatic carbocycles. The summed E-state index contributed by atoms with van der Waals surface area (Å²) in [6.07, 6.45) is 4.08. The number of phenols is 1. The number of phenolic OH excluding ortho intramolecular Hbond substituents is 1. The van der Waals surface area contributed by atoms with E-state index in [1.54, 1.807) is 6.07 Å². The lowest BCUT2D eigenvalue weighted by Gasteiger charge is -2.13. The summed E-state index contributed by atoms with van der Waals surface area (Å²) in [6.45, 7) is 7.56. The Bertz CT molecular complexity index is 392. The van der Waals surface area contributed by atoms with E-state index >= 15 is 0 Å². The first-order chi connectivity index (χ1) is 7.15. The lowest BCUT2D eigenvalue weighted by Crippen LogP contribution is -1.99. The Labute approximate surface area is 90.3 Å². The number of carbonyl (C=O) groups is 1. The fraction of sp³-hybridized carbons (Fsp3) is 0.308. The second-order valence-electron chi connectivity index (χ2n) is 3.54. The Morgan fingerprint density at radius 3 is 2.67 bits per heavy atom. The van der Waals surface area contributed by atoms with Crippen LogP contribution in [0.1, 0.15) is 34.0 Å². The summed E-state index contributed by atoms with van der Waals surface area (Å²) in [6, 6.07) is 1.76. The van der Waals surface area contributed by atoms with E-state index in [9.17, 15) is 9.90 Å². The number of allylic oxidation sites excluding steroid dienone is 1. The van der Waals surface area contributed by atoms with Crippen molar-refractivity contribution < 1.29 is 9.90 Å². The second-order valence-corrected chi connectivity index (χ2v) is 3.54. The lowest BCUT2D eigenvalue weighted by atomic mass is 9.94. The third kappa shape index (κ3) is 2.09. The van der Waals surface area contributed by atoms with Crippen molar-refractivity contribution in [1.82, 2.24) is 0 Å². The van der Waals surface area contributed by atoms with Gasteiger partial charge in [0.25, 0.3) is 0 Å². The molecule has 0 amide bonds. The molecule has 80 valence electrons. The van der Waals surface area contributed by atoms with E-state index in [0.717, 1.165) is 29.5 Å². The van der Waals surface area contributed by atoms with Crippen molar-refractivity contribution >= 4 is 6.29 Å². The number of hydrogen-bond donors (Lipinski definition) is 1. The highest BCUT2D eigenvalue weighted by atomic mass is 16.3. The van der Waals surface area contributed by atoms with Crippen molar-refractivity contribution in [3.8, 4) is 5.75 Å². The van der Waals surface area contributed by atoms with Crippen molar-refractivity contribution in [2.45, 2.75) is 26.7 Å². The zero-order chi connectivity index (χ0) is 11.4. The summed E-state index contributed by atoms with van der Waals surface area (Å²) < 4.78 is 0. The maximum Gasteiger partial charge on any atom is 0.153 e. The van der Waals surface area contributed by atoms with Crippen molar-refractivity contribution in [2.24, 2.45) is 0 Å². The van der Waals surface area contributed by atoms with E-state index in [1.807, 2.05) is 19.9 Å². The van der Waals surface area contributed by atoms with Crippen LogP contribution in [0.15, 0.2) is 18.7 Å². The molecule has 0 aromatic heterocycles. The minimum absolute atomic E-state index is 0.0963. The van der Waals surface area contributed by atoms with Gasteiger partial charge in [0.2, 0.25) is 0 Å². The first kappa shape index (κ1) is 11.5. The van der Waals surface area contributed by atoms with Crippen LogP contribution in [0.2, 0.25) is 0 Å². The molecule has 2 heteroatoms. The van der Waals surface area contributed by atoms with Gasteiger partial charge in [0.05, 0.1) is 5.56 Å². The molecule has 15 heavy (non-hydrogen) atoms. The van der Waals surface area contributed by atoms with Gasteiger partial charge in [-0.25, -0.2) is 0 Å². The summed E-state index contributed by atoms with van der Waals surface area (Å²) in [5.74, 6) is 0.0963. The molecule has 0 fully saturated rings. The van der Waals surface area contributed by atoms with Crippen molar-refractivity contribution in [3.63, 3.8) is 0 Å². The van der Waals surface area contributed by atoms with E-state index < -0.39 is 0 Å². The summed E-state index contributed by atoms with van der Waals surface area (Å²) >= 11 is 0. The minimum Gasteiger partial charge on any atom is -0.507 e. The molecular weight excluding hydrogens is 188 g/mol. The Kier molecular flexibility index (Phi) is 3.67. The number of aromatic hydroxyl groups is 1. The van der Waals surface area contributed by atoms with Gasteiger partial charge in [-0.1, -0.05) is 13.0 Å². The van der Waals surface area contributed by atoms with Crippen LogP contribution < -0.4 is 0 Å². The van der Waals surface area contributed by atoms with Crippen LogP contribution >= 0.6 is 0 Å². The predicted octanol–water partition coefficient (Wildman–Crippen LogP) is 2.80. The van der Waals surface area contributed by atoms with Gasteiger partial charge in [0, 0.05) is 0 Å². The van der Waals surface area contributed by atoms with Gasteiger partial charge >= 0.3 is 0 Å². The van der Waals surface area contributed by atoms with Crippen LogP contribution in [0, 0.1) is 6.92 Å². The van der Waals surface area contributed by atoms with Crippen molar-refractivity contribution in [1.29, 1.82) is 0 Å². The first-order valence-electron chi connectivity index (χ1n) is 5.06. The Balaban J connectivity index is 3.43. The molecule has 0 atom stereocenters. The Morgan fingerprint density at radius 2 is 2.20 bits per heavy atom. The van der Waals surface area contributed by atoms with Crippen LogP contribution in [0.4, 0.5) is 0 Å². The quantitative estimate of drug-likeness (QED) is 0.605. The van der Waals surface area contributed by atoms with Crippen molar-refractivity contribution in [3.05, 3.63) is 41.0 Å². The molecule has 0 unspecified atom stereocenters. The molecule has 0 bridgehead atoms. The molecule has 2 nitrogen and oxygen atoms in total. The van der Waals surface area contributed by atoms with E-state index in [2.05, 4.69) is 6.58 Å². The molecule has 0 heterocycles. The van der Waals surface area contributed by atoms with Crippen LogP contribution in [-0.2, 0) is 12.8 Å². The molecule has 0 saturated carbocycles. The summed E-state index contributed by atoms with van der Waals surface area (Å²) in [5, 5.41) is 9.76. The van der Waals surface area contributed by atoms with E-state index in [1.165, 1.54) is 0 Å². The van der Waals surface area contributed by atoms with E-state index in [-0.39, 0.29) is 5.75 Å². The average molecular weight is 204 g/mol. The van der Waals surface area contributed by atoms with Gasteiger partial charge in [-0.05, 0) is 42.5 Å². The predicted molar refractivity (Wildman–Crippen MR) is 61.5 cm³/mol. The zero-order valence-corrected chi connectivity index (χ0v) is 9.21. The average Bonchev–Trinajstić information content (AvgIpc) is 2.25. The smallest absolute Gasteiger partial charge is 0.153 e. The molecule has 1 rings (SSSR count). The highest BCUT2D eigenvalue weighted by Gasteiger charge is 2.11. The molecule has 1 aromatic rings. The van der Waals surface area contributed by atoms with Gasteiger partial charge in [-0.2, -0.15) is 0 Å². The molecule has 0 aliphatic carbocycles. The number of rotatable bonds is 4. The van der Waals surface area contributed by atoms with Crippen LogP contribution in [-0.4, -0.2) is 11.4 Å². The molecule has 0 radical (unpaired) electrons. The summed E-state index contributed by atoms with van der Waals surface area (Å²) in [5.41, 5.74) is 3.34. The maximum atomic E-state index is 10.7. The Morgan fingerprint density at radius 1 is 1.53 bits per heavy atom. The van der Waals surface area contributed by atoms with Crippen LogP contribution in [0.25, 0.3) is 0 Å². The topological polar surface area (TPSA) is 37.3 Å². The second kappa shape index (κ2) is 4.78. The summed E-state index contributed by atoms with van der Waals surface area (Å²) in [7, 11) is 0. The minimum atomic E-state index is 0.0963. The number of hydrogen-bond acceptors (Lipinski definition) is 2. The first-order valence-corrected chi connectivity index (χ1v) is 5.06. The van der Waals surface area contributed by atoms with Gasteiger partial charge < -0.3 is 5.11 Å². The lowest BCUT2D eigenvalue weighted by molar-refractivity contribution is 0.112. The standard InChI is InChI=1S/C13H16O2/c1-4-6-12-9(3)13(15)11(8-14)7-10(12)5-2/h4,7-8,15H,1,5-6H2,2-3H3. The van der Waals surface area contributed by atoms with Crippen LogP contribution in [0.3, 0.4) is 0 Å². The highest BCUT2D eigenvalue weighted by molar-refractivity contribution is 5.81. The fourth-order valence-corrected chi connectivity index (χ4v) is 1.78. The van der Waals surface area contributed by atoms with Gasteiger partial charge in [0.15, 0.2) is 6.29 Å². The maximum absolute atomic E-state index is 10.7. The molecule has 0 aliphatic rings. The molecule has 0 saturated heterocycles. The van der Waals surface area contributed by atoms with Crippen molar-refractivity contribution in [2.75, 3.05) is 0 Å². The molecular formula is C13H16O2. The largest absolute Gasteiger partial charge is 0.507 e. The van der Waals surface area contributed by atoms with Crippen LogP contribution in [0.5, 0.6) is 5.75 Å². The van der Waals surface area contributed by atoms with Gasteiger partial charge in [0.1, 0.15) is 5.75 Å². The zero-order valence-electron chi connectivity index (χ0n) is 9.21.